The SMILES string of the molecule is [GaH3].[GeH4].[InH3].[NaH].[Y]. The van der Waals surface area contributed by atoms with Crippen LogP contribution >= 0.6 is 0 Å². The molecule has 0 aromatic rings. The van der Waals surface area contributed by atoms with Gasteiger partial charge in [-0.2, -0.15) is 0 Å². The molecule has 0 aliphatic carbocycles. The summed E-state index contributed by atoms with van der Waals surface area (Å²) in [4.78, 5) is 0. The molecule has 0 unspecified atom stereocenters. The first kappa shape index (κ1) is 35.3. The molecule has 5 heavy (non-hydrogen) atoms. The number of hydrogen-bond acceptors (Lipinski definition) is 0. The van der Waals surface area contributed by atoms with E-state index in [4.69, 9.17) is 0 Å². The summed E-state index contributed by atoms with van der Waals surface area (Å²) in [7, 11) is 0. The van der Waals surface area contributed by atoms with E-state index in [9.17, 15) is 0 Å². The molecule has 5 heteroatoms. The molecule has 0 N–H and O–H groups in total. The maximum atomic E-state index is 0. The first-order valence-electron chi connectivity index (χ1n) is 0. The van der Waals surface area contributed by atoms with E-state index in [2.05, 4.69) is 0 Å². The van der Waals surface area contributed by atoms with Crippen LogP contribution in [0.3, 0.4) is 0 Å². The van der Waals surface area contributed by atoms with Crippen LogP contribution in [0.5, 0.6) is 0 Å². The van der Waals surface area contributed by atoms with Crippen molar-refractivity contribution < 1.29 is 32.7 Å². The van der Waals surface area contributed by atoms with Gasteiger partial charge in [-0.3, -0.25) is 0 Å². The Balaban J connectivity index is 0. The van der Waals surface area contributed by atoms with Crippen LogP contribution in [0.4, 0.5) is 0 Å². The topological polar surface area (TPSA) is 0 Å². The summed E-state index contributed by atoms with van der Waals surface area (Å²) in [5, 5.41) is 0. The van der Waals surface area contributed by atoms with E-state index in [1.165, 1.54) is 0 Å². The van der Waals surface area contributed by atoms with Crippen molar-refractivity contribution in [1.82, 2.24) is 0 Å². The Morgan fingerprint density at radius 1 is 1.00 bits per heavy atom. The summed E-state index contributed by atoms with van der Waals surface area (Å²) in [5.41, 5.74) is 0. The zero-order valence-corrected chi connectivity index (χ0v) is 3.42. The van der Waals surface area contributed by atoms with Crippen molar-refractivity contribution in [2.24, 2.45) is 0 Å². The molecular formula is H11GaGeInNaY. The van der Waals surface area contributed by atoms with E-state index in [0.29, 0.717) is 0 Å². The van der Waals surface area contributed by atoms with Crippen LogP contribution < -0.4 is 0 Å². The third-order valence-corrected chi connectivity index (χ3v) is 0. The molecule has 0 atom stereocenters. The molecule has 0 bridgehead atoms. The normalized spacial score (nSPS) is 0. The van der Waals surface area contributed by atoms with Gasteiger partial charge in [0.15, 0.2) is 0 Å². The van der Waals surface area contributed by atoms with Crippen LogP contribution in [0.2, 0.25) is 0 Å². The van der Waals surface area contributed by atoms with Crippen molar-refractivity contribution in [3.8, 4) is 0 Å². The van der Waals surface area contributed by atoms with Gasteiger partial charge in [0.05, 0.1) is 0 Å². The largest absolute Gasteiger partial charge is 0 e. The van der Waals surface area contributed by atoms with E-state index in [-0.39, 0.29) is 125 Å². The van der Waals surface area contributed by atoms with Crippen molar-refractivity contribution in [3.63, 3.8) is 0 Å². The van der Waals surface area contributed by atoms with Crippen LogP contribution in [-0.2, 0) is 32.7 Å². The standard InChI is InChI=1S/Ga.GeH4.In.Na.Y.7H/h;1H4;;;;;;;;;;. The first-order chi connectivity index (χ1) is 0. The van der Waals surface area contributed by atoms with Crippen LogP contribution in [0.25, 0.3) is 0 Å². The van der Waals surface area contributed by atoms with E-state index in [0.717, 1.165) is 0 Å². The molecule has 0 saturated carbocycles. The molecule has 1 radical (unpaired) electrons. The molecule has 0 saturated heterocycles. The Morgan fingerprint density at radius 3 is 1.00 bits per heavy atom. The van der Waals surface area contributed by atoms with Crippen molar-refractivity contribution in [2.45, 2.75) is 0 Å². The van der Waals surface area contributed by atoms with Crippen LogP contribution in [-0.4, -0.2) is 92.8 Å². The number of rotatable bonds is 0. The van der Waals surface area contributed by atoms with Gasteiger partial charge in [-0.1, -0.05) is 0 Å². The third-order valence-electron chi connectivity index (χ3n) is 0. The number of hydrogen-bond donors (Lipinski definition) is 0. The van der Waals surface area contributed by atoms with Gasteiger partial charge in [0.1, 0.15) is 0 Å². The Hall–Kier alpha value is 4.15. The predicted octanol–water partition coefficient (Wildman–Crippen LogP) is -4.47. The van der Waals surface area contributed by atoms with E-state index < -0.39 is 0 Å². The molecule has 0 aromatic heterocycles. The fraction of sp³-hybridized carbons (Fsp3) is 0. The molecule has 0 aliphatic heterocycles. The molecule has 0 nitrogen and oxygen atoms in total. The summed E-state index contributed by atoms with van der Waals surface area (Å²) < 4.78 is 0. The minimum atomic E-state index is 0. The fourth-order valence-electron chi connectivity index (χ4n) is 0. The van der Waals surface area contributed by atoms with Crippen molar-refractivity contribution in [1.29, 1.82) is 0 Å². The van der Waals surface area contributed by atoms with Gasteiger partial charge in [0.25, 0.3) is 0 Å². The van der Waals surface area contributed by atoms with Crippen molar-refractivity contribution in [3.05, 3.63) is 0 Å². The van der Waals surface area contributed by atoms with E-state index in [1.807, 2.05) is 0 Å². The van der Waals surface area contributed by atoms with Gasteiger partial charge in [0.2, 0.25) is 0 Å². The van der Waals surface area contributed by atoms with Gasteiger partial charge in [-0.05, 0) is 0 Å². The second-order valence-electron chi connectivity index (χ2n) is 0. The summed E-state index contributed by atoms with van der Waals surface area (Å²) >= 11 is 0. The molecule has 0 heterocycles. The Labute approximate surface area is 122 Å². The molecule has 25 valence electrons. The molecule has 0 rings (SSSR count). The molecular weight excluding hydrogens is 369 g/mol. The minimum Gasteiger partial charge on any atom is 0 e. The first-order valence-corrected chi connectivity index (χ1v) is 0. The zero-order valence-electron chi connectivity index (χ0n) is 0.577. The second-order valence-corrected chi connectivity index (χ2v) is 0. The van der Waals surface area contributed by atoms with Gasteiger partial charge >= 0.3 is 92.8 Å². The molecule has 0 aromatic carbocycles. The molecule has 0 aliphatic rings. The monoisotopic (exact) mass is 381 g/mol. The Morgan fingerprint density at radius 2 is 1.00 bits per heavy atom. The quantitative estimate of drug-likeness (QED) is 0.372. The average molecular weight is 380 g/mol. The smallest absolute Gasteiger partial charge is 0 e. The molecule has 0 spiro atoms. The van der Waals surface area contributed by atoms with Crippen LogP contribution in [0.15, 0.2) is 0 Å². The zero-order chi connectivity index (χ0) is 0. The van der Waals surface area contributed by atoms with Crippen LogP contribution in [0.1, 0.15) is 0 Å². The average Bonchev–Trinajstić information content (AvgIpc) is 0. The fourth-order valence-corrected chi connectivity index (χ4v) is 0. The van der Waals surface area contributed by atoms with E-state index in [1.54, 1.807) is 0 Å². The second kappa shape index (κ2) is 24.2. The maximum absolute atomic E-state index is 0. The third kappa shape index (κ3) is 17.9. The van der Waals surface area contributed by atoms with Crippen molar-refractivity contribution in [2.75, 3.05) is 0 Å². The molecule has 0 fully saturated rings. The van der Waals surface area contributed by atoms with E-state index >= 15 is 0 Å². The predicted molar refractivity (Wildman–Crippen MR) is 38.4 cm³/mol. The summed E-state index contributed by atoms with van der Waals surface area (Å²) in [6.07, 6.45) is 0. The maximum Gasteiger partial charge on any atom is 0 e. The van der Waals surface area contributed by atoms with Gasteiger partial charge < -0.3 is 0 Å². The van der Waals surface area contributed by atoms with Gasteiger partial charge in [-0.15, -0.1) is 0 Å². The Kier molecular flexibility index (Phi) is 171. The summed E-state index contributed by atoms with van der Waals surface area (Å²) in [6, 6.07) is 0. The van der Waals surface area contributed by atoms with Gasteiger partial charge in [-0.25, -0.2) is 0 Å². The van der Waals surface area contributed by atoms with Crippen molar-refractivity contribution >= 4 is 92.8 Å². The van der Waals surface area contributed by atoms with Crippen LogP contribution in [0, 0.1) is 0 Å². The van der Waals surface area contributed by atoms with Gasteiger partial charge in [0, 0.05) is 32.7 Å². The Bertz CT molecular complexity index is 11.6. The minimum absolute atomic E-state index is 0. The summed E-state index contributed by atoms with van der Waals surface area (Å²) in [6.45, 7) is 0. The summed E-state index contributed by atoms with van der Waals surface area (Å²) in [5.74, 6) is 0. The molecule has 0 amide bonds.